The van der Waals surface area contributed by atoms with E-state index < -0.39 is 0 Å². The number of aromatic nitrogens is 1. The molecule has 3 nitrogen and oxygen atoms in total. The van der Waals surface area contributed by atoms with Gasteiger partial charge < -0.3 is 10.5 Å². The van der Waals surface area contributed by atoms with Crippen molar-refractivity contribution in [1.82, 2.24) is 4.98 Å². The van der Waals surface area contributed by atoms with Crippen LogP contribution in [0, 0.1) is 6.92 Å². The quantitative estimate of drug-likeness (QED) is 0.869. The molecule has 2 N–H and O–H groups in total. The van der Waals surface area contributed by atoms with E-state index >= 15 is 0 Å². The molecule has 1 heterocycles. The second-order valence-electron chi connectivity index (χ2n) is 4.14. The van der Waals surface area contributed by atoms with Crippen LogP contribution < -0.4 is 10.5 Å². The van der Waals surface area contributed by atoms with Crippen molar-refractivity contribution >= 4 is 33.1 Å². The molecule has 1 aromatic carbocycles. The minimum absolute atomic E-state index is 0.369. The highest BCUT2D eigenvalue weighted by atomic mass is 79.9. The predicted molar refractivity (Wildman–Crippen MR) is 83.3 cm³/mol. The van der Waals surface area contributed by atoms with Crippen molar-refractivity contribution in [2.75, 3.05) is 0 Å². The van der Waals surface area contributed by atoms with Gasteiger partial charge in [-0.15, -0.1) is 0 Å². The minimum Gasteiger partial charge on any atom is -0.489 e. The van der Waals surface area contributed by atoms with Crippen LogP contribution in [0.25, 0.3) is 0 Å². The number of nitrogens with two attached hydrogens (primary N) is 1. The van der Waals surface area contributed by atoms with Crippen molar-refractivity contribution in [3.63, 3.8) is 0 Å². The smallest absolute Gasteiger partial charge is 0.123 e. The minimum atomic E-state index is 0.369. The monoisotopic (exact) mass is 336 g/mol. The van der Waals surface area contributed by atoms with Crippen molar-refractivity contribution in [2.24, 2.45) is 5.73 Å². The van der Waals surface area contributed by atoms with E-state index in [1.807, 2.05) is 31.2 Å². The first-order valence-electron chi connectivity index (χ1n) is 5.69. The maximum absolute atomic E-state index is 5.79. The molecule has 1 aromatic heterocycles. The Labute approximate surface area is 125 Å². The van der Waals surface area contributed by atoms with Crippen molar-refractivity contribution in [3.05, 3.63) is 57.8 Å². The number of nitrogens with zero attached hydrogens (tertiary/aromatic N) is 1. The maximum atomic E-state index is 5.79. The number of benzene rings is 1. The molecule has 0 radical (unpaired) electrons. The molecule has 0 spiro atoms. The Balaban J connectivity index is 2.15. The van der Waals surface area contributed by atoms with Crippen molar-refractivity contribution < 1.29 is 4.74 Å². The van der Waals surface area contributed by atoms with Gasteiger partial charge in [0, 0.05) is 28.0 Å². The van der Waals surface area contributed by atoms with Crippen LogP contribution in [0.4, 0.5) is 0 Å². The van der Waals surface area contributed by atoms with E-state index in [1.54, 1.807) is 12.4 Å². The zero-order valence-electron chi connectivity index (χ0n) is 10.4. The molecule has 0 fully saturated rings. The fraction of sp³-hybridized carbons (Fsp3) is 0.143. The molecule has 0 saturated carbocycles. The highest BCUT2D eigenvalue weighted by molar-refractivity contribution is 9.10. The second kappa shape index (κ2) is 6.12. The summed E-state index contributed by atoms with van der Waals surface area (Å²) in [6.07, 6.45) is 3.51. The number of pyridine rings is 1. The van der Waals surface area contributed by atoms with Crippen LogP contribution in [-0.2, 0) is 6.61 Å². The molecule has 0 amide bonds. The summed E-state index contributed by atoms with van der Waals surface area (Å²) in [6.45, 7) is 2.44. The van der Waals surface area contributed by atoms with E-state index in [1.165, 1.54) is 0 Å². The zero-order chi connectivity index (χ0) is 13.8. The van der Waals surface area contributed by atoms with Crippen LogP contribution >= 0.6 is 28.1 Å². The van der Waals surface area contributed by atoms with Crippen LogP contribution in [0.15, 0.2) is 41.1 Å². The summed E-state index contributed by atoms with van der Waals surface area (Å²) in [7, 11) is 0. The van der Waals surface area contributed by atoms with Gasteiger partial charge in [0.15, 0.2) is 0 Å². The average Bonchev–Trinajstić information content (AvgIpc) is 2.37. The first kappa shape index (κ1) is 14.0. The summed E-state index contributed by atoms with van der Waals surface area (Å²) in [5, 5.41) is 0. The molecule has 0 aliphatic heterocycles. The van der Waals surface area contributed by atoms with Crippen LogP contribution in [-0.4, -0.2) is 9.97 Å². The average molecular weight is 337 g/mol. The Bertz CT molecular complexity index is 616. The summed E-state index contributed by atoms with van der Waals surface area (Å²) >= 11 is 8.35. The third-order valence-corrected chi connectivity index (χ3v) is 3.30. The molecule has 5 heteroatoms. The summed E-state index contributed by atoms with van der Waals surface area (Å²) < 4.78 is 6.73. The molecule has 0 atom stereocenters. The topological polar surface area (TPSA) is 48.1 Å². The predicted octanol–water partition coefficient (Wildman–Crippen LogP) is 3.37. The Morgan fingerprint density at radius 1 is 1.37 bits per heavy atom. The first-order chi connectivity index (χ1) is 9.06. The van der Waals surface area contributed by atoms with Gasteiger partial charge in [-0.3, -0.25) is 4.98 Å². The SMILES string of the molecule is Cc1ccc(C(N)=S)cc1OCc1cncc(Br)c1. The van der Waals surface area contributed by atoms with Gasteiger partial charge in [-0.2, -0.15) is 0 Å². The van der Waals surface area contributed by atoms with Crippen molar-refractivity contribution in [3.8, 4) is 5.75 Å². The lowest BCUT2D eigenvalue weighted by Crippen LogP contribution is -2.09. The fourth-order valence-corrected chi connectivity index (χ4v) is 2.14. The van der Waals surface area contributed by atoms with Crippen molar-refractivity contribution in [2.45, 2.75) is 13.5 Å². The number of rotatable bonds is 4. The third kappa shape index (κ3) is 3.75. The van der Waals surface area contributed by atoms with Gasteiger partial charge in [-0.25, -0.2) is 0 Å². The number of ether oxygens (including phenoxy) is 1. The standard InChI is InChI=1S/C14H13BrN2OS/c1-9-2-3-11(14(16)19)5-13(9)18-8-10-4-12(15)7-17-6-10/h2-7H,8H2,1H3,(H2,16,19). The number of hydrogen-bond donors (Lipinski definition) is 1. The molecular formula is C14H13BrN2OS. The highest BCUT2D eigenvalue weighted by Crippen LogP contribution is 2.21. The number of halogens is 1. The Hall–Kier alpha value is -1.46. The fourth-order valence-electron chi connectivity index (χ4n) is 1.60. The summed E-state index contributed by atoms with van der Waals surface area (Å²) in [5.74, 6) is 0.783. The van der Waals surface area contributed by atoms with Gasteiger partial charge in [0.25, 0.3) is 0 Å². The van der Waals surface area contributed by atoms with Crippen molar-refractivity contribution in [1.29, 1.82) is 0 Å². The van der Waals surface area contributed by atoms with E-state index in [9.17, 15) is 0 Å². The van der Waals surface area contributed by atoms with E-state index in [2.05, 4.69) is 20.9 Å². The maximum Gasteiger partial charge on any atom is 0.123 e. The normalized spacial score (nSPS) is 10.2. The molecule has 0 bridgehead atoms. The van der Waals surface area contributed by atoms with E-state index in [0.717, 1.165) is 26.9 Å². The molecule has 98 valence electrons. The van der Waals surface area contributed by atoms with E-state index in [-0.39, 0.29) is 0 Å². The molecule has 0 unspecified atom stereocenters. The van der Waals surface area contributed by atoms with Crippen LogP contribution in [0.5, 0.6) is 5.75 Å². The highest BCUT2D eigenvalue weighted by Gasteiger charge is 2.04. The van der Waals surface area contributed by atoms with E-state index in [0.29, 0.717) is 11.6 Å². The Morgan fingerprint density at radius 2 is 2.16 bits per heavy atom. The van der Waals surface area contributed by atoms with Gasteiger partial charge >= 0.3 is 0 Å². The molecule has 2 aromatic rings. The van der Waals surface area contributed by atoms with Crippen LogP contribution in [0.2, 0.25) is 0 Å². The Morgan fingerprint density at radius 3 is 2.84 bits per heavy atom. The summed E-state index contributed by atoms with van der Waals surface area (Å²) in [6, 6.07) is 7.68. The largest absolute Gasteiger partial charge is 0.489 e. The summed E-state index contributed by atoms with van der Waals surface area (Å²) in [4.78, 5) is 4.47. The van der Waals surface area contributed by atoms with Crippen LogP contribution in [0.1, 0.15) is 16.7 Å². The second-order valence-corrected chi connectivity index (χ2v) is 5.50. The third-order valence-electron chi connectivity index (χ3n) is 2.63. The number of hydrogen-bond acceptors (Lipinski definition) is 3. The lowest BCUT2D eigenvalue weighted by atomic mass is 10.1. The zero-order valence-corrected chi connectivity index (χ0v) is 12.8. The molecule has 2 rings (SSSR count). The Kier molecular flexibility index (Phi) is 4.50. The molecule has 19 heavy (non-hydrogen) atoms. The van der Waals surface area contributed by atoms with Gasteiger partial charge in [-0.1, -0.05) is 24.4 Å². The molecular weight excluding hydrogens is 324 g/mol. The van der Waals surface area contributed by atoms with Crippen LogP contribution in [0.3, 0.4) is 0 Å². The molecule has 0 aliphatic rings. The first-order valence-corrected chi connectivity index (χ1v) is 6.89. The molecule has 0 aliphatic carbocycles. The number of thiocarbonyl (C=S) groups is 1. The van der Waals surface area contributed by atoms with Gasteiger partial charge in [0.1, 0.15) is 17.3 Å². The lowest BCUT2D eigenvalue weighted by molar-refractivity contribution is 0.303. The summed E-state index contributed by atoms with van der Waals surface area (Å²) in [5.41, 5.74) is 8.47. The van der Waals surface area contributed by atoms with Gasteiger partial charge in [0.05, 0.1) is 0 Å². The lowest BCUT2D eigenvalue weighted by Gasteiger charge is -2.10. The van der Waals surface area contributed by atoms with Gasteiger partial charge in [0.2, 0.25) is 0 Å². The number of aryl methyl sites for hydroxylation is 1. The molecule has 0 saturated heterocycles. The van der Waals surface area contributed by atoms with Gasteiger partial charge in [-0.05, 0) is 40.5 Å². The van der Waals surface area contributed by atoms with E-state index in [4.69, 9.17) is 22.7 Å².